The SMILES string of the molecule is CCOP(=O)(OCC)Sc1ccc(=O)n(-c2ccccc2)n1. The number of nitrogens with zero attached hydrogens (tertiary/aromatic N) is 2. The Balaban J connectivity index is 2.34. The Labute approximate surface area is 132 Å². The third-order valence-electron chi connectivity index (χ3n) is 2.56. The predicted octanol–water partition coefficient (Wildman–Crippen LogP) is 3.51. The molecule has 0 aliphatic heterocycles. The molecule has 1 heterocycles. The second-order valence-corrected chi connectivity index (χ2v) is 8.03. The van der Waals surface area contributed by atoms with Crippen LogP contribution in [-0.4, -0.2) is 23.0 Å². The van der Waals surface area contributed by atoms with Gasteiger partial charge in [0, 0.05) is 17.4 Å². The second kappa shape index (κ2) is 7.74. The molecule has 8 heteroatoms. The van der Waals surface area contributed by atoms with Crippen molar-refractivity contribution in [3.05, 3.63) is 52.8 Å². The van der Waals surface area contributed by atoms with Gasteiger partial charge in [0.1, 0.15) is 5.03 Å². The van der Waals surface area contributed by atoms with Crippen molar-refractivity contribution >= 4 is 18.2 Å². The number of hydrogen-bond acceptors (Lipinski definition) is 6. The van der Waals surface area contributed by atoms with Gasteiger partial charge in [-0.15, -0.1) is 0 Å². The number of hydrogen-bond donors (Lipinski definition) is 0. The fraction of sp³-hybridized carbons (Fsp3) is 0.286. The van der Waals surface area contributed by atoms with Crippen molar-refractivity contribution in [1.82, 2.24) is 9.78 Å². The molecule has 1 aromatic carbocycles. The zero-order chi connectivity index (χ0) is 16.0. The summed E-state index contributed by atoms with van der Waals surface area (Å²) in [6.07, 6.45) is 0. The fourth-order valence-corrected chi connectivity index (χ4v) is 4.93. The van der Waals surface area contributed by atoms with Crippen LogP contribution in [0.1, 0.15) is 13.8 Å². The Kier molecular flexibility index (Phi) is 5.97. The summed E-state index contributed by atoms with van der Waals surface area (Å²) in [5.41, 5.74) is 0.371. The van der Waals surface area contributed by atoms with Crippen molar-refractivity contribution in [2.24, 2.45) is 0 Å². The molecule has 0 fully saturated rings. The van der Waals surface area contributed by atoms with Gasteiger partial charge in [0.05, 0.1) is 18.9 Å². The van der Waals surface area contributed by atoms with Crippen LogP contribution in [0.15, 0.2) is 52.3 Å². The number of para-hydroxylation sites is 1. The Hall–Kier alpha value is -1.40. The maximum Gasteiger partial charge on any atom is 0.395 e. The number of aromatic nitrogens is 2. The summed E-state index contributed by atoms with van der Waals surface area (Å²) in [5.74, 6) is 0. The van der Waals surface area contributed by atoms with E-state index in [4.69, 9.17) is 9.05 Å². The van der Waals surface area contributed by atoms with Gasteiger partial charge in [-0.05, 0) is 32.0 Å². The molecule has 2 rings (SSSR count). The lowest BCUT2D eigenvalue weighted by molar-refractivity contribution is 0.237. The fourth-order valence-electron chi connectivity index (χ4n) is 1.72. The molecule has 0 aliphatic carbocycles. The van der Waals surface area contributed by atoms with Gasteiger partial charge in [-0.1, -0.05) is 18.2 Å². The first-order chi connectivity index (χ1) is 10.6. The molecular formula is C14H17N2O4PS. The second-order valence-electron chi connectivity index (χ2n) is 4.13. The first-order valence-corrected chi connectivity index (χ1v) is 9.79. The standard InChI is InChI=1S/C14H17N2O4PS/c1-3-19-21(18,20-4-2)22-13-10-11-14(17)16(15-13)12-8-6-5-7-9-12/h5-11H,3-4H2,1-2H3. The van der Waals surface area contributed by atoms with Crippen molar-refractivity contribution in [3.8, 4) is 5.69 Å². The Morgan fingerprint density at radius 2 is 1.73 bits per heavy atom. The van der Waals surface area contributed by atoms with Crippen LogP contribution >= 0.6 is 18.2 Å². The van der Waals surface area contributed by atoms with E-state index in [-0.39, 0.29) is 18.8 Å². The maximum absolute atomic E-state index is 12.5. The summed E-state index contributed by atoms with van der Waals surface area (Å²) in [6.45, 7) is 0.685. The smallest absolute Gasteiger partial charge is 0.301 e. The van der Waals surface area contributed by atoms with Gasteiger partial charge in [0.15, 0.2) is 0 Å². The summed E-state index contributed by atoms with van der Waals surface area (Å²) in [5, 5.41) is 4.62. The van der Waals surface area contributed by atoms with Crippen LogP contribution in [0, 0.1) is 0 Å². The normalized spacial score (nSPS) is 11.5. The summed E-state index contributed by atoms with van der Waals surface area (Å²) in [7, 11) is 0. The Bertz CT molecular complexity index is 710. The van der Waals surface area contributed by atoms with Gasteiger partial charge in [-0.2, -0.15) is 9.78 Å². The highest BCUT2D eigenvalue weighted by Gasteiger charge is 2.26. The van der Waals surface area contributed by atoms with E-state index in [0.717, 1.165) is 11.4 Å². The molecule has 22 heavy (non-hydrogen) atoms. The third kappa shape index (κ3) is 4.30. The Morgan fingerprint density at radius 1 is 1.09 bits per heavy atom. The highest BCUT2D eigenvalue weighted by Crippen LogP contribution is 2.62. The predicted molar refractivity (Wildman–Crippen MR) is 86.5 cm³/mol. The highest BCUT2D eigenvalue weighted by molar-refractivity contribution is 8.55. The first-order valence-electron chi connectivity index (χ1n) is 6.82. The third-order valence-corrected chi connectivity index (χ3v) is 6.20. The minimum Gasteiger partial charge on any atom is -0.301 e. The van der Waals surface area contributed by atoms with Gasteiger partial charge in [-0.25, -0.2) is 4.57 Å². The highest BCUT2D eigenvalue weighted by atomic mass is 32.7. The van der Waals surface area contributed by atoms with E-state index in [1.54, 1.807) is 26.0 Å². The van der Waals surface area contributed by atoms with Crippen molar-refractivity contribution in [3.63, 3.8) is 0 Å². The van der Waals surface area contributed by atoms with Gasteiger partial charge < -0.3 is 9.05 Å². The number of rotatable bonds is 7. The summed E-state index contributed by atoms with van der Waals surface area (Å²) < 4.78 is 24.2. The lowest BCUT2D eigenvalue weighted by Gasteiger charge is -2.15. The maximum atomic E-state index is 12.5. The van der Waals surface area contributed by atoms with E-state index < -0.39 is 6.80 Å². The van der Waals surface area contributed by atoms with Crippen LogP contribution < -0.4 is 5.56 Å². The molecule has 118 valence electrons. The molecule has 0 unspecified atom stereocenters. The van der Waals surface area contributed by atoms with Crippen LogP contribution in [0.5, 0.6) is 0 Å². The lowest BCUT2D eigenvalue weighted by Crippen LogP contribution is -2.20. The molecule has 1 aromatic heterocycles. The topological polar surface area (TPSA) is 70.4 Å². The zero-order valence-corrected chi connectivity index (χ0v) is 14.0. The van der Waals surface area contributed by atoms with Crippen molar-refractivity contribution in [2.75, 3.05) is 13.2 Å². The molecule has 0 saturated heterocycles. The van der Waals surface area contributed by atoms with Crippen LogP contribution in [-0.2, 0) is 13.6 Å². The van der Waals surface area contributed by atoms with Gasteiger partial charge in [0.2, 0.25) is 0 Å². The van der Waals surface area contributed by atoms with E-state index in [1.165, 1.54) is 16.8 Å². The molecule has 0 N–H and O–H groups in total. The number of benzene rings is 1. The minimum atomic E-state index is -3.33. The lowest BCUT2D eigenvalue weighted by atomic mass is 10.3. The average Bonchev–Trinajstić information content (AvgIpc) is 2.50. The molecule has 0 bridgehead atoms. The average molecular weight is 340 g/mol. The molecule has 0 saturated carbocycles. The molecule has 0 aliphatic rings. The summed E-state index contributed by atoms with van der Waals surface area (Å²) in [6, 6.07) is 11.9. The van der Waals surface area contributed by atoms with Crippen molar-refractivity contribution in [2.45, 2.75) is 18.9 Å². The summed E-state index contributed by atoms with van der Waals surface area (Å²) >= 11 is 0.898. The van der Waals surface area contributed by atoms with Gasteiger partial charge >= 0.3 is 6.80 Å². The molecule has 0 atom stereocenters. The first kappa shape index (κ1) is 17.0. The zero-order valence-electron chi connectivity index (χ0n) is 12.3. The van der Waals surface area contributed by atoms with Gasteiger partial charge in [-0.3, -0.25) is 4.79 Å². The van der Waals surface area contributed by atoms with E-state index in [9.17, 15) is 9.36 Å². The van der Waals surface area contributed by atoms with E-state index in [2.05, 4.69) is 5.10 Å². The molecule has 0 amide bonds. The molecule has 2 aromatic rings. The molecule has 0 radical (unpaired) electrons. The van der Waals surface area contributed by atoms with Crippen molar-refractivity contribution in [1.29, 1.82) is 0 Å². The van der Waals surface area contributed by atoms with Crippen LogP contribution in [0.25, 0.3) is 5.69 Å². The molecular weight excluding hydrogens is 323 g/mol. The Morgan fingerprint density at radius 3 is 2.32 bits per heavy atom. The van der Waals surface area contributed by atoms with Gasteiger partial charge in [0.25, 0.3) is 5.56 Å². The van der Waals surface area contributed by atoms with Crippen LogP contribution in [0.4, 0.5) is 0 Å². The van der Waals surface area contributed by atoms with Crippen LogP contribution in [0.3, 0.4) is 0 Å². The largest absolute Gasteiger partial charge is 0.395 e. The quantitative estimate of drug-likeness (QED) is 0.719. The minimum absolute atomic E-state index is 0.266. The molecule has 6 nitrogen and oxygen atoms in total. The summed E-state index contributed by atoms with van der Waals surface area (Å²) in [4.78, 5) is 11.9. The molecule has 0 spiro atoms. The van der Waals surface area contributed by atoms with Crippen molar-refractivity contribution < 1.29 is 13.6 Å². The van der Waals surface area contributed by atoms with E-state index >= 15 is 0 Å². The monoisotopic (exact) mass is 340 g/mol. The van der Waals surface area contributed by atoms with E-state index in [1.807, 2.05) is 18.2 Å². The van der Waals surface area contributed by atoms with E-state index in [0.29, 0.717) is 10.7 Å². The van der Waals surface area contributed by atoms with Crippen LogP contribution in [0.2, 0.25) is 0 Å².